The van der Waals surface area contributed by atoms with Crippen LogP contribution < -0.4 is 0 Å². The molecule has 0 radical (unpaired) electrons. The lowest BCUT2D eigenvalue weighted by molar-refractivity contribution is -0.170. The first-order valence-corrected chi connectivity index (χ1v) is 6.17. The second-order valence-electron chi connectivity index (χ2n) is 4.97. The zero-order valence-corrected chi connectivity index (χ0v) is 12.2. The van der Waals surface area contributed by atoms with E-state index in [0.29, 0.717) is 0 Å². The van der Waals surface area contributed by atoms with Crippen molar-refractivity contribution in [1.29, 1.82) is 0 Å². The lowest BCUT2D eigenvalue weighted by Crippen LogP contribution is -2.52. The summed E-state index contributed by atoms with van der Waals surface area (Å²) in [7, 11) is 0. The van der Waals surface area contributed by atoms with Gasteiger partial charge in [-0.15, -0.1) is 0 Å². The van der Waals surface area contributed by atoms with Gasteiger partial charge in [-0.1, -0.05) is 0 Å². The third kappa shape index (κ3) is 3.52. The Balaban J connectivity index is 5.42. The van der Waals surface area contributed by atoms with E-state index >= 15 is 0 Å². The van der Waals surface area contributed by atoms with Crippen molar-refractivity contribution in [2.24, 2.45) is 10.8 Å². The van der Waals surface area contributed by atoms with E-state index in [1.165, 1.54) is 0 Å². The molecule has 120 valence electrons. The third-order valence-electron chi connectivity index (χ3n) is 3.41. The summed E-state index contributed by atoms with van der Waals surface area (Å²) < 4.78 is 4.75. The first-order valence-electron chi connectivity index (χ1n) is 6.17. The minimum Gasteiger partial charge on any atom is -0.463 e. The number of aliphatic hydroxyl groups is 3. The van der Waals surface area contributed by atoms with Crippen molar-refractivity contribution in [3.8, 4) is 0 Å². The number of carbonyl (C=O) groups is 4. The van der Waals surface area contributed by atoms with Crippen LogP contribution in [0.25, 0.3) is 0 Å². The normalized spacial score (nSPS) is 11.9. The SMILES string of the molecule is CC(=O)C(C(C)=O)(C(C)=O)C(=O)OCC(CO)(CO)CO. The number of hydrogen-bond donors (Lipinski definition) is 3. The summed E-state index contributed by atoms with van der Waals surface area (Å²) in [5.74, 6) is -4.31. The highest BCUT2D eigenvalue weighted by Gasteiger charge is 2.54. The van der Waals surface area contributed by atoms with E-state index in [2.05, 4.69) is 0 Å². The first-order chi connectivity index (χ1) is 9.64. The van der Waals surface area contributed by atoms with Gasteiger partial charge in [-0.05, 0) is 20.8 Å². The Morgan fingerprint density at radius 3 is 1.38 bits per heavy atom. The summed E-state index contributed by atoms with van der Waals surface area (Å²) in [6.07, 6.45) is 0. The maximum atomic E-state index is 12.1. The number of Topliss-reactive ketones (excluding diaryl/α,β-unsaturated/α-hetero) is 3. The first kappa shape index (κ1) is 19.4. The average Bonchev–Trinajstić information content (AvgIpc) is 2.40. The lowest BCUT2D eigenvalue weighted by atomic mass is 9.76. The smallest absolute Gasteiger partial charge is 0.335 e. The molecule has 0 aliphatic rings. The fourth-order valence-corrected chi connectivity index (χ4v) is 1.79. The van der Waals surface area contributed by atoms with Gasteiger partial charge in [0, 0.05) is 0 Å². The molecule has 0 saturated carbocycles. The second-order valence-corrected chi connectivity index (χ2v) is 4.97. The molecular formula is C13H20O8. The Hall–Kier alpha value is -1.64. The third-order valence-corrected chi connectivity index (χ3v) is 3.41. The van der Waals surface area contributed by atoms with Gasteiger partial charge >= 0.3 is 5.97 Å². The fraction of sp³-hybridized carbons (Fsp3) is 0.692. The van der Waals surface area contributed by atoms with Crippen molar-refractivity contribution in [1.82, 2.24) is 0 Å². The molecule has 0 aromatic rings. The molecule has 3 N–H and O–H groups in total. The maximum absolute atomic E-state index is 12.1. The van der Waals surface area contributed by atoms with Crippen LogP contribution in [-0.2, 0) is 23.9 Å². The summed E-state index contributed by atoms with van der Waals surface area (Å²) >= 11 is 0. The fourth-order valence-electron chi connectivity index (χ4n) is 1.79. The highest BCUT2D eigenvalue weighted by atomic mass is 16.5. The molecule has 8 nitrogen and oxygen atoms in total. The molecule has 0 atom stereocenters. The van der Waals surface area contributed by atoms with Crippen LogP contribution in [0.4, 0.5) is 0 Å². The molecule has 0 fully saturated rings. The maximum Gasteiger partial charge on any atom is 0.335 e. The number of hydrogen-bond acceptors (Lipinski definition) is 8. The standard InChI is InChI=1S/C13H20O8/c1-8(17)13(9(2)18,10(3)19)11(20)21-7-12(4-14,5-15)6-16/h14-16H,4-7H2,1-3H3. The van der Waals surface area contributed by atoms with Crippen LogP contribution in [0.3, 0.4) is 0 Å². The summed E-state index contributed by atoms with van der Waals surface area (Å²) in [6.45, 7) is 0.0245. The minimum atomic E-state index is -2.55. The Bertz CT molecular complexity index is 391. The van der Waals surface area contributed by atoms with E-state index in [-0.39, 0.29) is 0 Å². The molecule has 0 heterocycles. The van der Waals surface area contributed by atoms with Crippen molar-refractivity contribution in [3.05, 3.63) is 0 Å². The average molecular weight is 304 g/mol. The van der Waals surface area contributed by atoms with Gasteiger partial charge in [0.1, 0.15) is 6.61 Å². The predicted octanol–water partition coefficient (Wildman–Crippen LogP) is -1.75. The summed E-state index contributed by atoms with van der Waals surface area (Å²) in [5.41, 5.74) is -4.07. The number of carbonyl (C=O) groups excluding carboxylic acids is 4. The monoisotopic (exact) mass is 304 g/mol. The lowest BCUT2D eigenvalue weighted by Gasteiger charge is -2.29. The molecule has 0 aliphatic heterocycles. The van der Waals surface area contributed by atoms with Crippen molar-refractivity contribution in [2.45, 2.75) is 20.8 Å². The topological polar surface area (TPSA) is 138 Å². The number of esters is 1. The quantitative estimate of drug-likeness (QED) is 0.336. The predicted molar refractivity (Wildman–Crippen MR) is 69.1 cm³/mol. The van der Waals surface area contributed by atoms with Gasteiger partial charge < -0.3 is 20.1 Å². The van der Waals surface area contributed by atoms with E-state index in [1.54, 1.807) is 0 Å². The van der Waals surface area contributed by atoms with Gasteiger partial charge in [-0.25, -0.2) is 4.79 Å². The summed E-state index contributed by atoms with van der Waals surface area (Å²) in [6, 6.07) is 0. The van der Waals surface area contributed by atoms with Crippen LogP contribution in [0.15, 0.2) is 0 Å². The molecule has 0 amide bonds. The largest absolute Gasteiger partial charge is 0.463 e. The molecule has 8 heteroatoms. The Kier molecular flexibility index (Phi) is 6.81. The van der Waals surface area contributed by atoms with Crippen molar-refractivity contribution in [2.75, 3.05) is 26.4 Å². The zero-order valence-electron chi connectivity index (χ0n) is 12.2. The minimum absolute atomic E-state index is 0.648. The number of ether oxygens (including phenoxy) is 1. The highest BCUT2D eigenvalue weighted by Crippen LogP contribution is 2.26. The molecule has 0 unspecified atom stereocenters. The summed E-state index contributed by atoms with van der Waals surface area (Å²) in [5, 5.41) is 27.3. The van der Waals surface area contributed by atoms with Gasteiger partial charge in [0.25, 0.3) is 0 Å². The van der Waals surface area contributed by atoms with Crippen LogP contribution in [0.1, 0.15) is 20.8 Å². The van der Waals surface area contributed by atoms with Crippen LogP contribution in [-0.4, -0.2) is 65.1 Å². The van der Waals surface area contributed by atoms with Crippen LogP contribution in [0.2, 0.25) is 0 Å². The molecule has 0 aliphatic carbocycles. The summed E-state index contributed by atoms with van der Waals surface area (Å²) in [4.78, 5) is 47.0. The van der Waals surface area contributed by atoms with Gasteiger partial charge in [0.05, 0.1) is 25.2 Å². The number of aliphatic hydroxyl groups excluding tert-OH is 3. The van der Waals surface area contributed by atoms with Gasteiger partial charge in [0.2, 0.25) is 5.41 Å². The molecule has 0 rings (SSSR count). The second kappa shape index (κ2) is 7.39. The molecule has 0 spiro atoms. The van der Waals surface area contributed by atoms with E-state index in [0.717, 1.165) is 20.8 Å². The molecular weight excluding hydrogens is 284 g/mol. The molecule has 0 saturated heterocycles. The van der Waals surface area contributed by atoms with Crippen molar-refractivity contribution >= 4 is 23.3 Å². The molecule has 0 aromatic carbocycles. The number of rotatable bonds is 9. The number of ketones is 3. The molecule has 21 heavy (non-hydrogen) atoms. The Labute approximate surface area is 121 Å². The molecule has 0 aromatic heterocycles. The van der Waals surface area contributed by atoms with Gasteiger partial charge in [0.15, 0.2) is 17.3 Å². The van der Waals surface area contributed by atoms with Crippen LogP contribution in [0.5, 0.6) is 0 Å². The van der Waals surface area contributed by atoms with E-state index in [9.17, 15) is 19.2 Å². The van der Waals surface area contributed by atoms with Crippen LogP contribution >= 0.6 is 0 Å². The Morgan fingerprint density at radius 1 is 0.810 bits per heavy atom. The van der Waals surface area contributed by atoms with Gasteiger partial charge in [-0.2, -0.15) is 0 Å². The van der Waals surface area contributed by atoms with Gasteiger partial charge in [-0.3, -0.25) is 14.4 Å². The van der Waals surface area contributed by atoms with E-state index in [4.69, 9.17) is 20.1 Å². The van der Waals surface area contributed by atoms with E-state index in [1.807, 2.05) is 0 Å². The van der Waals surface area contributed by atoms with Crippen molar-refractivity contribution in [3.63, 3.8) is 0 Å². The van der Waals surface area contributed by atoms with E-state index < -0.39 is 60.6 Å². The Morgan fingerprint density at radius 2 is 1.14 bits per heavy atom. The highest BCUT2D eigenvalue weighted by molar-refractivity contribution is 6.36. The zero-order chi connectivity index (χ0) is 16.8. The van der Waals surface area contributed by atoms with Crippen molar-refractivity contribution < 1.29 is 39.2 Å². The van der Waals surface area contributed by atoms with Crippen LogP contribution in [0, 0.1) is 10.8 Å². The molecule has 0 bridgehead atoms.